The minimum Gasteiger partial charge on any atom is -0.322 e. The van der Waals surface area contributed by atoms with Crippen molar-refractivity contribution in [1.82, 2.24) is 9.78 Å². The molecule has 0 bridgehead atoms. The Hall–Kier alpha value is -2.90. The van der Waals surface area contributed by atoms with E-state index in [1.165, 1.54) is 18.2 Å². The molecule has 0 saturated carbocycles. The molecule has 1 heterocycles. The Kier molecular flexibility index (Phi) is 6.20. The second-order valence-corrected chi connectivity index (χ2v) is 8.93. The molecule has 0 aliphatic carbocycles. The van der Waals surface area contributed by atoms with Crippen LogP contribution in [0, 0.1) is 6.92 Å². The van der Waals surface area contributed by atoms with Gasteiger partial charge in [-0.2, -0.15) is 5.10 Å². The van der Waals surface area contributed by atoms with Gasteiger partial charge in [0.05, 0.1) is 22.0 Å². The Morgan fingerprint density at radius 2 is 1.90 bits per heavy atom. The van der Waals surface area contributed by atoms with E-state index in [1.807, 2.05) is 37.3 Å². The number of hydrogen-bond donors (Lipinski definition) is 1. The zero-order valence-electron chi connectivity index (χ0n) is 16.0. The van der Waals surface area contributed by atoms with Gasteiger partial charge in [0.2, 0.25) is 5.91 Å². The molecule has 0 fully saturated rings. The molecule has 29 heavy (non-hydrogen) atoms. The highest BCUT2D eigenvalue weighted by atomic mass is 35.5. The first-order valence-electron chi connectivity index (χ1n) is 8.94. The highest BCUT2D eigenvalue weighted by Gasteiger charge is 2.14. The van der Waals surface area contributed by atoms with Gasteiger partial charge in [-0.05, 0) is 43.3 Å². The fraction of sp³-hybridized carbons (Fsp3) is 0.143. The third-order valence-corrected chi connectivity index (χ3v) is 6.39. The lowest BCUT2D eigenvalue weighted by Gasteiger charge is -2.06. The maximum atomic E-state index is 12.3. The predicted octanol–water partition coefficient (Wildman–Crippen LogP) is 4.28. The van der Waals surface area contributed by atoms with Gasteiger partial charge in [-0.1, -0.05) is 42.8 Å². The fourth-order valence-corrected chi connectivity index (χ4v) is 3.98. The standard InChI is InChI=1S/C21H20ClN3O3S/c1-3-29(27,28)18-11-7-8-16(14-18)23-20(26)13-12-19-15(2)24-25(21(19)22)17-9-5-4-6-10-17/h4-14H,3H2,1-2H3,(H,23,26). The maximum absolute atomic E-state index is 12.3. The van der Waals surface area contributed by atoms with Crippen LogP contribution in [0.3, 0.4) is 0 Å². The minimum absolute atomic E-state index is 0.00647. The van der Waals surface area contributed by atoms with Crippen LogP contribution in [-0.4, -0.2) is 29.9 Å². The summed E-state index contributed by atoms with van der Waals surface area (Å²) in [6.07, 6.45) is 2.93. The van der Waals surface area contributed by atoms with Crippen molar-refractivity contribution < 1.29 is 13.2 Å². The molecule has 0 saturated heterocycles. The van der Waals surface area contributed by atoms with Crippen molar-refractivity contribution in [2.24, 2.45) is 0 Å². The number of sulfone groups is 1. The van der Waals surface area contributed by atoms with Gasteiger partial charge < -0.3 is 5.32 Å². The van der Waals surface area contributed by atoms with Gasteiger partial charge in [-0.3, -0.25) is 4.79 Å². The SMILES string of the molecule is CCS(=O)(=O)c1cccc(NC(=O)C=Cc2c(C)nn(-c3ccccc3)c2Cl)c1. The zero-order chi connectivity index (χ0) is 21.0. The van der Waals surface area contributed by atoms with Gasteiger partial charge in [0.1, 0.15) is 5.15 Å². The quantitative estimate of drug-likeness (QED) is 0.593. The fourth-order valence-electron chi connectivity index (χ4n) is 2.72. The number of aryl methyl sites for hydroxylation is 1. The molecule has 1 N–H and O–H groups in total. The zero-order valence-corrected chi connectivity index (χ0v) is 17.5. The molecule has 3 aromatic rings. The van der Waals surface area contributed by atoms with E-state index in [4.69, 9.17) is 11.6 Å². The van der Waals surface area contributed by atoms with Crippen molar-refractivity contribution in [2.45, 2.75) is 18.7 Å². The maximum Gasteiger partial charge on any atom is 0.248 e. The lowest BCUT2D eigenvalue weighted by atomic mass is 10.2. The van der Waals surface area contributed by atoms with Crippen LogP contribution in [-0.2, 0) is 14.6 Å². The van der Waals surface area contributed by atoms with E-state index in [9.17, 15) is 13.2 Å². The molecule has 8 heteroatoms. The second-order valence-electron chi connectivity index (χ2n) is 6.29. The summed E-state index contributed by atoms with van der Waals surface area (Å²) in [7, 11) is -3.34. The van der Waals surface area contributed by atoms with E-state index < -0.39 is 15.7 Å². The third-order valence-electron chi connectivity index (χ3n) is 4.29. The molecular weight excluding hydrogens is 410 g/mol. The molecule has 1 amide bonds. The van der Waals surface area contributed by atoms with Crippen molar-refractivity contribution >= 4 is 39.1 Å². The monoisotopic (exact) mass is 429 g/mol. The number of carbonyl (C=O) groups excluding carboxylic acids is 1. The Bertz CT molecular complexity index is 1170. The highest BCUT2D eigenvalue weighted by Crippen LogP contribution is 2.24. The number of anilines is 1. The summed E-state index contributed by atoms with van der Waals surface area (Å²) in [5.74, 6) is -0.410. The summed E-state index contributed by atoms with van der Waals surface area (Å²) >= 11 is 6.45. The van der Waals surface area contributed by atoms with Crippen LogP contribution < -0.4 is 5.32 Å². The van der Waals surface area contributed by atoms with Crippen LogP contribution in [0.1, 0.15) is 18.2 Å². The first kappa shape index (κ1) is 20.8. The molecule has 0 atom stereocenters. The molecule has 0 spiro atoms. The molecule has 150 valence electrons. The number of halogens is 1. The minimum atomic E-state index is -3.34. The third kappa shape index (κ3) is 4.75. The van der Waals surface area contributed by atoms with Crippen LogP contribution in [0.25, 0.3) is 11.8 Å². The van der Waals surface area contributed by atoms with Crippen molar-refractivity contribution in [3.05, 3.63) is 77.1 Å². The lowest BCUT2D eigenvalue weighted by molar-refractivity contribution is -0.111. The number of carbonyl (C=O) groups is 1. The molecule has 0 aliphatic heterocycles. The van der Waals surface area contributed by atoms with Crippen LogP contribution in [0.15, 0.2) is 65.6 Å². The number of nitrogens with one attached hydrogen (secondary N) is 1. The van der Waals surface area contributed by atoms with Crippen LogP contribution in [0.2, 0.25) is 5.15 Å². The van der Waals surface area contributed by atoms with Crippen LogP contribution in [0.4, 0.5) is 5.69 Å². The number of hydrogen-bond acceptors (Lipinski definition) is 4. The van der Waals surface area contributed by atoms with Crippen LogP contribution in [0.5, 0.6) is 0 Å². The van der Waals surface area contributed by atoms with E-state index in [-0.39, 0.29) is 10.6 Å². The van der Waals surface area contributed by atoms with Gasteiger partial charge in [0.25, 0.3) is 0 Å². The highest BCUT2D eigenvalue weighted by molar-refractivity contribution is 7.91. The van der Waals surface area contributed by atoms with Gasteiger partial charge in [0, 0.05) is 17.3 Å². The van der Waals surface area contributed by atoms with E-state index in [0.29, 0.717) is 22.1 Å². The summed E-state index contributed by atoms with van der Waals surface area (Å²) in [6, 6.07) is 15.6. The van der Waals surface area contributed by atoms with E-state index >= 15 is 0 Å². The smallest absolute Gasteiger partial charge is 0.248 e. The number of para-hydroxylation sites is 1. The van der Waals surface area contributed by atoms with Crippen LogP contribution >= 0.6 is 11.6 Å². The molecule has 0 unspecified atom stereocenters. The van der Waals surface area contributed by atoms with E-state index in [0.717, 1.165) is 5.69 Å². The van der Waals surface area contributed by atoms with Crippen molar-refractivity contribution in [3.63, 3.8) is 0 Å². The Labute approximate surface area is 174 Å². The first-order valence-corrected chi connectivity index (χ1v) is 11.0. The van der Waals surface area contributed by atoms with Gasteiger partial charge in [0.15, 0.2) is 9.84 Å². The second kappa shape index (κ2) is 8.63. The molecule has 0 radical (unpaired) electrons. The average molecular weight is 430 g/mol. The summed E-state index contributed by atoms with van der Waals surface area (Å²) in [5, 5.41) is 7.49. The van der Waals surface area contributed by atoms with E-state index in [1.54, 1.807) is 29.8 Å². The number of amides is 1. The van der Waals surface area contributed by atoms with Crippen molar-refractivity contribution in [1.29, 1.82) is 0 Å². The summed E-state index contributed by atoms with van der Waals surface area (Å²) < 4.78 is 25.6. The molecule has 1 aromatic heterocycles. The van der Waals surface area contributed by atoms with Crippen molar-refractivity contribution in [2.75, 3.05) is 11.1 Å². The molecular formula is C21H20ClN3O3S. The summed E-state index contributed by atoms with van der Waals surface area (Å²) in [6.45, 7) is 3.38. The topological polar surface area (TPSA) is 81.1 Å². The number of benzene rings is 2. The van der Waals surface area contributed by atoms with E-state index in [2.05, 4.69) is 10.4 Å². The number of nitrogens with zero attached hydrogens (tertiary/aromatic N) is 2. The Balaban J connectivity index is 1.79. The summed E-state index contributed by atoms with van der Waals surface area (Å²) in [5.41, 5.74) is 2.53. The normalized spacial score (nSPS) is 11.7. The number of aromatic nitrogens is 2. The Morgan fingerprint density at radius 1 is 1.17 bits per heavy atom. The summed E-state index contributed by atoms with van der Waals surface area (Å²) in [4.78, 5) is 12.5. The Morgan fingerprint density at radius 3 is 2.59 bits per heavy atom. The number of rotatable bonds is 6. The first-order chi connectivity index (χ1) is 13.8. The molecule has 3 rings (SSSR count). The van der Waals surface area contributed by atoms with Crippen molar-refractivity contribution in [3.8, 4) is 5.69 Å². The molecule has 2 aromatic carbocycles. The lowest BCUT2D eigenvalue weighted by Crippen LogP contribution is -2.09. The predicted molar refractivity (Wildman–Crippen MR) is 115 cm³/mol. The molecule has 6 nitrogen and oxygen atoms in total. The van der Waals surface area contributed by atoms with Gasteiger partial charge in [-0.25, -0.2) is 13.1 Å². The average Bonchev–Trinajstić information content (AvgIpc) is 3.01. The largest absolute Gasteiger partial charge is 0.322 e. The van der Waals surface area contributed by atoms with Gasteiger partial charge in [-0.15, -0.1) is 0 Å². The van der Waals surface area contributed by atoms with Gasteiger partial charge >= 0.3 is 0 Å². The molecule has 0 aliphatic rings.